The van der Waals surface area contributed by atoms with Crippen LogP contribution in [0.1, 0.15) is 47.5 Å². The fourth-order valence-corrected chi connectivity index (χ4v) is 3.48. The summed E-state index contributed by atoms with van der Waals surface area (Å²) in [6, 6.07) is 0.170. The molecule has 0 radical (unpaired) electrons. The molecular weight excluding hydrogens is 380 g/mol. The molecule has 0 bridgehead atoms. The zero-order valence-corrected chi connectivity index (χ0v) is 17.9. The Kier molecular flexibility index (Phi) is 7.60. The van der Waals surface area contributed by atoms with Gasteiger partial charge < -0.3 is 20.1 Å². The molecule has 1 fully saturated rings. The molecule has 1 saturated heterocycles. The van der Waals surface area contributed by atoms with Crippen LogP contribution in [0.5, 0.6) is 5.75 Å². The second kappa shape index (κ2) is 9.52. The van der Waals surface area contributed by atoms with Crippen LogP contribution in [0.25, 0.3) is 0 Å². The van der Waals surface area contributed by atoms with Crippen molar-refractivity contribution in [2.75, 3.05) is 6.61 Å². The van der Waals surface area contributed by atoms with E-state index in [2.05, 4.69) is 24.5 Å². The van der Waals surface area contributed by atoms with Gasteiger partial charge in [0.05, 0.1) is 6.10 Å². The molecule has 3 atom stereocenters. The van der Waals surface area contributed by atoms with Crippen molar-refractivity contribution in [2.45, 2.75) is 65.6 Å². The van der Waals surface area contributed by atoms with Crippen molar-refractivity contribution in [1.29, 1.82) is 0 Å². The summed E-state index contributed by atoms with van der Waals surface area (Å²) in [5.74, 6) is 0.161. The molecule has 0 aliphatic carbocycles. The van der Waals surface area contributed by atoms with Crippen molar-refractivity contribution >= 4 is 29.1 Å². The topological polar surface area (TPSA) is 93.7 Å². The summed E-state index contributed by atoms with van der Waals surface area (Å²) >= 11 is 1.41. The van der Waals surface area contributed by atoms with Gasteiger partial charge in [-0.05, 0) is 35.6 Å². The molecular formula is C20H30N2O5S. The van der Waals surface area contributed by atoms with Crippen molar-refractivity contribution in [3.8, 4) is 5.75 Å². The molecule has 2 N–H and O–H groups in total. The summed E-state index contributed by atoms with van der Waals surface area (Å²) < 4.78 is 10.7. The second-order valence-corrected chi connectivity index (χ2v) is 8.88. The number of carbonyl (C=O) groups is 3. The molecule has 1 aromatic rings. The molecule has 2 unspecified atom stereocenters. The third kappa shape index (κ3) is 5.78. The Morgan fingerprint density at radius 1 is 1.39 bits per heavy atom. The van der Waals surface area contributed by atoms with Crippen molar-refractivity contribution in [3.05, 3.63) is 16.8 Å². The van der Waals surface area contributed by atoms with Crippen LogP contribution >= 0.6 is 11.3 Å². The van der Waals surface area contributed by atoms with Gasteiger partial charge in [-0.15, -0.1) is 11.3 Å². The maximum atomic E-state index is 13.0. The van der Waals surface area contributed by atoms with Crippen molar-refractivity contribution in [3.63, 3.8) is 0 Å². The number of hydrogen-bond acceptors (Lipinski definition) is 6. The van der Waals surface area contributed by atoms with Crippen LogP contribution in [0.2, 0.25) is 0 Å². The fraction of sp³-hybridized carbons (Fsp3) is 0.650. The molecule has 156 valence electrons. The molecule has 0 aromatic carbocycles. The number of carbonyl (C=O) groups excluding carboxylic acids is 3. The van der Waals surface area contributed by atoms with E-state index in [1.54, 1.807) is 16.8 Å². The average molecular weight is 411 g/mol. The molecule has 1 aliphatic rings. The predicted octanol–water partition coefficient (Wildman–Crippen LogP) is 3.14. The fourth-order valence-electron chi connectivity index (χ4n) is 2.92. The van der Waals surface area contributed by atoms with E-state index < -0.39 is 24.1 Å². The number of thiophene rings is 1. The quantitative estimate of drug-likeness (QED) is 0.687. The number of nitrogens with one attached hydrogen (secondary N) is 2. The summed E-state index contributed by atoms with van der Waals surface area (Å²) in [6.07, 6.45) is -0.00704. The average Bonchev–Trinajstić information content (AvgIpc) is 3.24. The summed E-state index contributed by atoms with van der Waals surface area (Å²) in [4.78, 5) is 37.3. The van der Waals surface area contributed by atoms with Gasteiger partial charge in [-0.25, -0.2) is 4.79 Å². The Hall–Kier alpha value is -1.93. The first-order valence-electron chi connectivity index (χ1n) is 9.59. The maximum absolute atomic E-state index is 13.0. The zero-order chi connectivity index (χ0) is 20.9. The molecule has 2 heterocycles. The second-order valence-electron chi connectivity index (χ2n) is 8.10. The van der Waals surface area contributed by atoms with Crippen LogP contribution in [0.3, 0.4) is 0 Å². The van der Waals surface area contributed by atoms with E-state index in [4.69, 9.17) is 9.47 Å². The summed E-state index contributed by atoms with van der Waals surface area (Å²) in [5.41, 5.74) is -0.210. The van der Waals surface area contributed by atoms with Crippen LogP contribution in [0.15, 0.2) is 16.8 Å². The lowest BCUT2D eigenvalue weighted by Crippen LogP contribution is -2.55. The summed E-state index contributed by atoms with van der Waals surface area (Å²) in [6.45, 7) is 10.1. The largest absolute Gasteiger partial charge is 0.413 e. The lowest BCUT2D eigenvalue weighted by atomic mass is 9.76. The Bertz CT molecular complexity index is 687. The van der Waals surface area contributed by atoms with Gasteiger partial charge in [0.25, 0.3) is 0 Å². The van der Waals surface area contributed by atoms with E-state index in [9.17, 15) is 14.4 Å². The predicted molar refractivity (Wildman–Crippen MR) is 107 cm³/mol. The lowest BCUT2D eigenvalue weighted by molar-refractivity contribution is -0.128. The minimum atomic E-state index is -0.825. The number of amides is 2. The first-order valence-corrected chi connectivity index (χ1v) is 10.5. The van der Waals surface area contributed by atoms with Crippen molar-refractivity contribution in [1.82, 2.24) is 10.6 Å². The zero-order valence-electron chi connectivity index (χ0n) is 17.1. The van der Waals surface area contributed by atoms with Crippen LogP contribution < -0.4 is 15.4 Å². The minimum absolute atomic E-state index is 0.000760. The standard InChI is InChI=1S/C20H30N2O5S/c1-6-16-17(15(23)10-26-16)22-18(24)14(9-20(4,5)12(2)3)21-19(25)27-13-7-8-28-11-13/h7-8,11-12,14,16-17H,6,9-10H2,1-5H3,(H,21,25)(H,22,24)/t14-,16?,17?/m0/s1. The normalized spacial score (nSPS) is 20.9. The number of hydrogen-bond donors (Lipinski definition) is 2. The van der Waals surface area contributed by atoms with E-state index >= 15 is 0 Å². The smallest absolute Gasteiger partial charge is 0.409 e. The molecule has 8 heteroatoms. The van der Waals surface area contributed by atoms with E-state index in [-0.39, 0.29) is 29.8 Å². The van der Waals surface area contributed by atoms with E-state index in [0.29, 0.717) is 18.6 Å². The van der Waals surface area contributed by atoms with Gasteiger partial charge in [0, 0.05) is 5.38 Å². The van der Waals surface area contributed by atoms with Crippen molar-refractivity contribution in [2.24, 2.45) is 11.3 Å². The molecule has 28 heavy (non-hydrogen) atoms. The number of Topliss-reactive ketones (excluding diaryl/α,β-unsaturated/α-hetero) is 1. The van der Waals surface area contributed by atoms with Gasteiger partial charge in [-0.2, -0.15) is 0 Å². The summed E-state index contributed by atoms with van der Waals surface area (Å²) in [7, 11) is 0. The van der Waals surface area contributed by atoms with E-state index in [0.717, 1.165) is 0 Å². The van der Waals surface area contributed by atoms with Gasteiger partial charge in [-0.1, -0.05) is 34.6 Å². The van der Waals surface area contributed by atoms with Crippen LogP contribution in [-0.2, 0) is 14.3 Å². The first-order chi connectivity index (χ1) is 13.1. The monoisotopic (exact) mass is 410 g/mol. The third-order valence-electron chi connectivity index (χ3n) is 5.47. The minimum Gasteiger partial charge on any atom is -0.409 e. The van der Waals surface area contributed by atoms with E-state index in [1.165, 1.54) is 11.3 Å². The molecule has 7 nitrogen and oxygen atoms in total. The molecule has 2 rings (SSSR count). The Labute approximate surface area is 170 Å². The molecule has 2 amide bonds. The van der Waals surface area contributed by atoms with E-state index in [1.807, 2.05) is 20.8 Å². The highest BCUT2D eigenvalue weighted by molar-refractivity contribution is 7.08. The van der Waals surface area contributed by atoms with Crippen LogP contribution in [0.4, 0.5) is 4.79 Å². The van der Waals surface area contributed by atoms with Gasteiger partial charge in [0.2, 0.25) is 5.91 Å². The van der Waals surface area contributed by atoms with Gasteiger partial charge in [-0.3, -0.25) is 9.59 Å². The Morgan fingerprint density at radius 3 is 2.68 bits per heavy atom. The van der Waals surface area contributed by atoms with Gasteiger partial charge in [0.1, 0.15) is 24.4 Å². The van der Waals surface area contributed by atoms with Gasteiger partial charge >= 0.3 is 6.09 Å². The molecule has 0 spiro atoms. The third-order valence-corrected chi connectivity index (χ3v) is 6.13. The lowest BCUT2D eigenvalue weighted by Gasteiger charge is -2.33. The first kappa shape index (κ1) is 22.4. The Morgan fingerprint density at radius 2 is 2.11 bits per heavy atom. The molecule has 0 saturated carbocycles. The molecule has 1 aliphatic heterocycles. The number of ether oxygens (including phenoxy) is 2. The molecule has 1 aromatic heterocycles. The highest BCUT2D eigenvalue weighted by Crippen LogP contribution is 2.31. The van der Waals surface area contributed by atoms with Crippen LogP contribution in [0, 0.1) is 11.3 Å². The number of ketones is 1. The highest BCUT2D eigenvalue weighted by Gasteiger charge is 2.39. The van der Waals surface area contributed by atoms with Gasteiger partial charge in [0.15, 0.2) is 5.78 Å². The maximum Gasteiger partial charge on any atom is 0.413 e. The van der Waals surface area contributed by atoms with Crippen LogP contribution in [-0.4, -0.2) is 42.6 Å². The van der Waals surface area contributed by atoms with Crippen molar-refractivity contribution < 1.29 is 23.9 Å². The summed E-state index contributed by atoms with van der Waals surface area (Å²) in [5, 5.41) is 8.94. The Balaban J connectivity index is 2.10. The SMILES string of the molecule is CCC1OCC(=O)C1NC(=O)[C@H](CC(C)(C)C(C)C)NC(=O)Oc1ccsc1. The highest BCUT2D eigenvalue weighted by atomic mass is 32.1. The number of rotatable bonds is 8.